The summed E-state index contributed by atoms with van der Waals surface area (Å²) in [6, 6.07) is 12.1. The van der Waals surface area contributed by atoms with Crippen LogP contribution in [-0.2, 0) is 25.7 Å². The summed E-state index contributed by atoms with van der Waals surface area (Å²) in [5.74, 6) is -2.60. The highest BCUT2D eigenvalue weighted by Gasteiger charge is 2.28. The van der Waals surface area contributed by atoms with Crippen molar-refractivity contribution in [2.45, 2.75) is 20.0 Å². The fourth-order valence-electron chi connectivity index (χ4n) is 2.79. The van der Waals surface area contributed by atoms with Crippen molar-refractivity contribution in [2.24, 2.45) is 5.92 Å². The minimum absolute atomic E-state index is 0.0205. The maximum atomic E-state index is 12.7. The Labute approximate surface area is 187 Å². The van der Waals surface area contributed by atoms with E-state index in [2.05, 4.69) is 15.0 Å². The fraction of sp³-hybridized carbons (Fsp3) is 0.227. The quantitative estimate of drug-likeness (QED) is 0.369. The molecule has 166 valence electrons. The molecule has 0 aliphatic carbocycles. The van der Waals surface area contributed by atoms with Gasteiger partial charge < -0.3 is 19.2 Å². The summed E-state index contributed by atoms with van der Waals surface area (Å²) in [5, 5.41) is 12.6. The zero-order valence-electron chi connectivity index (χ0n) is 17.4. The van der Waals surface area contributed by atoms with Crippen molar-refractivity contribution in [1.82, 2.24) is 4.98 Å². The second-order valence-electron chi connectivity index (χ2n) is 6.62. The smallest absolute Gasteiger partial charge is 0.373 e. The molecular formula is C22H21N3O6S. The number of benzene rings is 1. The molecule has 0 bridgehead atoms. The third-order valence-corrected chi connectivity index (χ3v) is 5.24. The highest BCUT2D eigenvalue weighted by Crippen LogP contribution is 2.27. The number of thiazole rings is 1. The minimum Gasteiger partial charge on any atom is -0.463 e. The lowest BCUT2D eigenvalue weighted by Crippen LogP contribution is -2.34. The molecular weight excluding hydrogens is 434 g/mol. The fourth-order valence-corrected chi connectivity index (χ4v) is 3.49. The molecule has 0 spiro atoms. The third-order valence-electron chi connectivity index (χ3n) is 4.49. The number of aromatic nitrogens is 1. The van der Waals surface area contributed by atoms with Crippen LogP contribution in [0.4, 0.5) is 5.13 Å². The standard InChI is InChI=1S/C22H21N3O6S/c1-3-14(18(23)21(28)30-11-13-7-5-4-6-8-13)19(26)25-22-24-15(12-32-22)16-9-10-17(31-16)20(27)29-2/h4-10,12,14,23H,3,11H2,1-2H3,(H,24,25,26)/t14-/m0/s1. The Morgan fingerprint density at radius 1 is 1.19 bits per heavy atom. The van der Waals surface area contributed by atoms with Gasteiger partial charge in [0.25, 0.3) is 0 Å². The molecule has 32 heavy (non-hydrogen) atoms. The molecule has 1 amide bonds. The summed E-state index contributed by atoms with van der Waals surface area (Å²) < 4.78 is 15.2. The summed E-state index contributed by atoms with van der Waals surface area (Å²) in [6.07, 6.45) is 0.240. The number of rotatable bonds is 9. The zero-order valence-corrected chi connectivity index (χ0v) is 18.2. The molecule has 1 aromatic carbocycles. The molecule has 1 atom stereocenters. The summed E-state index contributed by atoms with van der Waals surface area (Å²) in [5.41, 5.74) is 0.784. The van der Waals surface area contributed by atoms with Crippen LogP contribution in [0, 0.1) is 11.3 Å². The van der Waals surface area contributed by atoms with Crippen LogP contribution in [0.1, 0.15) is 29.5 Å². The van der Waals surface area contributed by atoms with Gasteiger partial charge in [0.2, 0.25) is 11.7 Å². The van der Waals surface area contributed by atoms with Crippen LogP contribution >= 0.6 is 11.3 Å². The third kappa shape index (κ3) is 5.46. The highest BCUT2D eigenvalue weighted by molar-refractivity contribution is 7.14. The number of hydrogen-bond donors (Lipinski definition) is 2. The van der Waals surface area contributed by atoms with E-state index in [1.165, 1.54) is 13.2 Å². The van der Waals surface area contributed by atoms with E-state index in [0.29, 0.717) is 11.5 Å². The van der Waals surface area contributed by atoms with E-state index in [0.717, 1.165) is 16.9 Å². The molecule has 0 aliphatic rings. The number of carbonyl (C=O) groups excluding carboxylic acids is 3. The van der Waals surface area contributed by atoms with E-state index in [1.807, 2.05) is 18.2 Å². The average Bonchev–Trinajstić information content (AvgIpc) is 3.47. The molecule has 2 aromatic heterocycles. The Hall–Kier alpha value is -3.79. The van der Waals surface area contributed by atoms with E-state index >= 15 is 0 Å². The SMILES string of the molecule is CC[C@@H](C(=N)C(=O)OCc1ccccc1)C(=O)Nc1nc(-c2ccc(C(=O)OC)o2)cs1. The number of carbonyl (C=O) groups is 3. The average molecular weight is 455 g/mol. The first-order chi connectivity index (χ1) is 15.4. The Kier molecular flexibility index (Phi) is 7.50. The van der Waals surface area contributed by atoms with Crippen molar-refractivity contribution in [2.75, 3.05) is 12.4 Å². The van der Waals surface area contributed by atoms with Crippen molar-refractivity contribution >= 4 is 40.0 Å². The predicted molar refractivity (Wildman–Crippen MR) is 118 cm³/mol. The van der Waals surface area contributed by atoms with Crippen molar-refractivity contribution in [1.29, 1.82) is 5.41 Å². The van der Waals surface area contributed by atoms with Gasteiger partial charge in [0.15, 0.2) is 10.9 Å². The molecule has 0 unspecified atom stereocenters. The van der Waals surface area contributed by atoms with Gasteiger partial charge in [-0.1, -0.05) is 37.3 Å². The predicted octanol–water partition coefficient (Wildman–Crippen LogP) is 3.92. The Morgan fingerprint density at radius 3 is 2.62 bits per heavy atom. The van der Waals surface area contributed by atoms with Crippen LogP contribution in [-0.4, -0.2) is 35.7 Å². The molecule has 9 nitrogen and oxygen atoms in total. The molecule has 2 N–H and O–H groups in total. The molecule has 0 fully saturated rings. The van der Waals surface area contributed by atoms with Crippen LogP contribution in [0.2, 0.25) is 0 Å². The topological polar surface area (TPSA) is 132 Å². The van der Waals surface area contributed by atoms with Crippen LogP contribution < -0.4 is 5.32 Å². The number of furan rings is 1. The van der Waals surface area contributed by atoms with Gasteiger partial charge >= 0.3 is 11.9 Å². The number of nitrogens with one attached hydrogen (secondary N) is 2. The van der Waals surface area contributed by atoms with Crippen LogP contribution in [0.25, 0.3) is 11.5 Å². The molecule has 3 aromatic rings. The molecule has 0 saturated carbocycles. The number of amides is 1. The molecule has 10 heteroatoms. The van der Waals surface area contributed by atoms with Gasteiger partial charge in [-0.2, -0.15) is 0 Å². The van der Waals surface area contributed by atoms with Gasteiger partial charge in [-0.05, 0) is 24.1 Å². The Bertz CT molecular complexity index is 1120. The van der Waals surface area contributed by atoms with Gasteiger partial charge in [0.1, 0.15) is 18.0 Å². The van der Waals surface area contributed by atoms with E-state index in [4.69, 9.17) is 14.6 Å². The van der Waals surface area contributed by atoms with Crippen LogP contribution in [0.15, 0.2) is 52.3 Å². The lowest BCUT2D eigenvalue weighted by Gasteiger charge is -2.14. The second kappa shape index (κ2) is 10.5. The molecule has 0 radical (unpaired) electrons. The first-order valence-corrected chi connectivity index (χ1v) is 10.5. The van der Waals surface area contributed by atoms with Crippen molar-refractivity contribution in [3.8, 4) is 11.5 Å². The van der Waals surface area contributed by atoms with Crippen LogP contribution in [0.3, 0.4) is 0 Å². The monoisotopic (exact) mass is 455 g/mol. The second-order valence-corrected chi connectivity index (χ2v) is 7.48. The van der Waals surface area contributed by atoms with Crippen molar-refractivity contribution < 1.29 is 28.3 Å². The van der Waals surface area contributed by atoms with Crippen molar-refractivity contribution in [3.63, 3.8) is 0 Å². The normalized spacial score (nSPS) is 11.4. The zero-order chi connectivity index (χ0) is 23.1. The lowest BCUT2D eigenvalue weighted by molar-refractivity contribution is -0.137. The molecule has 0 saturated heterocycles. The lowest BCUT2D eigenvalue weighted by atomic mass is 9.99. The summed E-state index contributed by atoms with van der Waals surface area (Å²) >= 11 is 1.15. The number of methoxy groups -OCH3 is 1. The summed E-state index contributed by atoms with van der Waals surface area (Å²) in [6.45, 7) is 1.72. The van der Waals surface area contributed by atoms with Crippen LogP contribution in [0.5, 0.6) is 0 Å². The molecule has 0 aliphatic heterocycles. The van der Waals surface area contributed by atoms with Gasteiger partial charge in [0, 0.05) is 5.38 Å². The Balaban J connectivity index is 1.61. The van der Waals surface area contributed by atoms with E-state index in [1.54, 1.807) is 30.5 Å². The summed E-state index contributed by atoms with van der Waals surface area (Å²) in [4.78, 5) is 40.7. The molecule has 2 heterocycles. The van der Waals surface area contributed by atoms with E-state index in [9.17, 15) is 14.4 Å². The summed E-state index contributed by atoms with van der Waals surface area (Å²) in [7, 11) is 1.25. The molecule has 3 rings (SSSR count). The van der Waals surface area contributed by atoms with Gasteiger partial charge in [0.05, 0.1) is 13.0 Å². The number of nitrogens with zero attached hydrogens (tertiary/aromatic N) is 1. The number of esters is 2. The van der Waals surface area contributed by atoms with Crippen molar-refractivity contribution in [3.05, 3.63) is 59.2 Å². The minimum atomic E-state index is -0.986. The number of hydrogen-bond acceptors (Lipinski definition) is 9. The van der Waals surface area contributed by atoms with Gasteiger partial charge in [-0.3, -0.25) is 10.2 Å². The first-order valence-electron chi connectivity index (χ1n) is 9.67. The maximum absolute atomic E-state index is 12.7. The largest absolute Gasteiger partial charge is 0.463 e. The van der Waals surface area contributed by atoms with Gasteiger partial charge in [-0.15, -0.1) is 11.3 Å². The van der Waals surface area contributed by atoms with E-state index < -0.39 is 29.5 Å². The van der Waals surface area contributed by atoms with Gasteiger partial charge in [-0.25, -0.2) is 14.6 Å². The van der Waals surface area contributed by atoms with E-state index in [-0.39, 0.29) is 23.9 Å². The number of anilines is 1. The maximum Gasteiger partial charge on any atom is 0.373 e. The Morgan fingerprint density at radius 2 is 1.94 bits per heavy atom. The first kappa shape index (κ1) is 22.9. The highest BCUT2D eigenvalue weighted by atomic mass is 32.1. The number of ether oxygens (including phenoxy) is 2.